The van der Waals surface area contributed by atoms with Gasteiger partial charge in [0.25, 0.3) is 0 Å². The number of ether oxygens (including phenoxy) is 1. The van der Waals surface area contributed by atoms with Crippen molar-refractivity contribution < 1.29 is 19.1 Å². The molecule has 1 unspecified atom stereocenters. The first-order valence-corrected chi connectivity index (χ1v) is 6.44. The Morgan fingerprint density at radius 1 is 1.47 bits per heavy atom. The monoisotopic (exact) mass is 270 g/mol. The van der Waals surface area contributed by atoms with E-state index in [1.807, 2.05) is 13.8 Å². The van der Waals surface area contributed by atoms with E-state index < -0.39 is 5.97 Å². The number of methoxy groups -OCH3 is 1. The van der Waals surface area contributed by atoms with Gasteiger partial charge in [-0.1, -0.05) is 13.8 Å². The van der Waals surface area contributed by atoms with E-state index in [1.165, 1.54) is 12.0 Å². The SMILES string of the molecule is COC(=O)CN(C)C(=O)C1CC(=O)N(CC(C)C)C1. The van der Waals surface area contributed by atoms with Gasteiger partial charge in [-0.2, -0.15) is 0 Å². The molecule has 0 aromatic carbocycles. The Kier molecular flexibility index (Phi) is 5.32. The Morgan fingerprint density at radius 2 is 2.11 bits per heavy atom. The summed E-state index contributed by atoms with van der Waals surface area (Å²) in [6.07, 6.45) is 0.233. The van der Waals surface area contributed by atoms with Gasteiger partial charge in [-0.3, -0.25) is 14.4 Å². The number of hydrogen-bond donors (Lipinski definition) is 0. The first-order valence-electron chi connectivity index (χ1n) is 6.44. The van der Waals surface area contributed by atoms with Crippen molar-refractivity contribution in [2.24, 2.45) is 11.8 Å². The number of esters is 1. The summed E-state index contributed by atoms with van der Waals surface area (Å²) in [4.78, 5) is 38.1. The Balaban J connectivity index is 2.55. The Labute approximate surface area is 113 Å². The van der Waals surface area contributed by atoms with E-state index in [-0.39, 0.29) is 30.7 Å². The maximum absolute atomic E-state index is 12.1. The summed E-state index contributed by atoms with van der Waals surface area (Å²) >= 11 is 0. The number of nitrogens with zero attached hydrogens (tertiary/aromatic N) is 2. The van der Waals surface area contributed by atoms with Gasteiger partial charge in [0.2, 0.25) is 11.8 Å². The summed E-state index contributed by atoms with van der Waals surface area (Å²) in [6, 6.07) is 0. The molecule has 1 fully saturated rings. The van der Waals surface area contributed by atoms with Gasteiger partial charge >= 0.3 is 5.97 Å². The first-order chi connectivity index (χ1) is 8.85. The maximum atomic E-state index is 12.1. The molecule has 6 nitrogen and oxygen atoms in total. The summed E-state index contributed by atoms with van der Waals surface area (Å²) in [5.74, 6) is -0.589. The summed E-state index contributed by atoms with van der Waals surface area (Å²) in [6.45, 7) is 5.10. The van der Waals surface area contributed by atoms with Crippen molar-refractivity contribution in [2.45, 2.75) is 20.3 Å². The van der Waals surface area contributed by atoms with Crippen LogP contribution in [0.2, 0.25) is 0 Å². The van der Waals surface area contributed by atoms with Crippen LogP contribution in [0.4, 0.5) is 0 Å². The number of rotatable bonds is 5. The second kappa shape index (κ2) is 6.54. The van der Waals surface area contributed by atoms with Gasteiger partial charge in [0.05, 0.1) is 13.0 Å². The van der Waals surface area contributed by atoms with Crippen LogP contribution in [-0.2, 0) is 19.1 Å². The van der Waals surface area contributed by atoms with Crippen LogP contribution in [0.1, 0.15) is 20.3 Å². The Bertz CT molecular complexity index is 368. The molecule has 6 heteroatoms. The van der Waals surface area contributed by atoms with E-state index in [0.29, 0.717) is 19.0 Å². The predicted octanol–water partition coefficient (Wildman–Crippen LogP) is 0.122. The van der Waals surface area contributed by atoms with Gasteiger partial charge in [-0.05, 0) is 5.92 Å². The van der Waals surface area contributed by atoms with Crippen molar-refractivity contribution in [3.05, 3.63) is 0 Å². The van der Waals surface area contributed by atoms with Crippen LogP contribution in [0.25, 0.3) is 0 Å². The van der Waals surface area contributed by atoms with Crippen molar-refractivity contribution >= 4 is 17.8 Å². The highest BCUT2D eigenvalue weighted by molar-refractivity contribution is 5.90. The lowest BCUT2D eigenvalue weighted by atomic mass is 10.1. The lowest BCUT2D eigenvalue weighted by Crippen LogP contribution is -2.38. The highest BCUT2D eigenvalue weighted by Gasteiger charge is 2.36. The molecule has 1 aliphatic heterocycles. The molecule has 2 amide bonds. The number of amides is 2. The lowest BCUT2D eigenvalue weighted by molar-refractivity contribution is -0.147. The molecule has 0 spiro atoms. The van der Waals surface area contributed by atoms with Gasteiger partial charge < -0.3 is 14.5 Å². The van der Waals surface area contributed by atoms with Crippen LogP contribution in [-0.4, -0.2) is 61.4 Å². The minimum atomic E-state index is -0.459. The fourth-order valence-corrected chi connectivity index (χ4v) is 2.20. The molecule has 0 aromatic heterocycles. The normalized spacial score (nSPS) is 18.9. The third-order valence-corrected chi connectivity index (χ3v) is 3.12. The van der Waals surface area contributed by atoms with E-state index >= 15 is 0 Å². The molecule has 108 valence electrons. The maximum Gasteiger partial charge on any atom is 0.325 e. The van der Waals surface area contributed by atoms with Crippen molar-refractivity contribution in [1.82, 2.24) is 9.80 Å². The van der Waals surface area contributed by atoms with E-state index in [2.05, 4.69) is 4.74 Å². The summed E-state index contributed by atoms with van der Waals surface area (Å²) < 4.78 is 4.52. The highest BCUT2D eigenvalue weighted by Crippen LogP contribution is 2.20. The summed E-state index contributed by atoms with van der Waals surface area (Å²) in [7, 11) is 2.83. The molecule has 0 radical (unpaired) electrons. The standard InChI is InChI=1S/C13H22N2O4/c1-9(2)6-15-7-10(5-11(15)16)13(18)14(3)8-12(17)19-4/h9-10H,5-8H2,1-4H3. The van der Waals surface area contributed by atoms with Gasteiger partial charge in [-0.25, -0.2) is 0 Å². The van der Waals surface area contributed by atoms with E-state index in [0.717, 1.165) is 0 Å². The summed E-state index contributed by atoms with van der Waals surface area (Å²) in [5.41, 5.74) is 0. The molecular formula is C13H22N2O4. The van der Waals surface area contributed by atoms with Crippen LogP contribution in [0.15, 0.2) is 0 Å². The molecule has 1 rings (SSSR count). The van der Waals surface area contributed by atoms with Gasteiger partial charge in [0.15, 0.2) is 0 Å². The highest BCUT2D eigenvalue weighted by atomic mass is 16.5. The van der Waals surface area contributed by atoms with Gasteiger partial charge in [-0.15, -0.1) is 0 Å². The molecule has 1 heterocycles. The number of carbonyl (C=O) groups excluding carboxylic acids is 3. The predicted molar refractivity (Wildman–Crippen MR) is 69.2 cm³/mol. The number of carbonyl (C=O) groups is 3. The van der Waals surface area contributed by atoms with Crippen LogP contribution < -0.4 is 0 Å². The van der Waals surface area contributed by atoms with Crippen LogP contribution >= 0.6 is 0 Å². The minimum absolute atomic E-state index is 0.0125. The van der Waals surface area contributed by atoms with Gasteiger partial charge in [0.1, 0.15) is 6.54 Å². The van der Waals surface area contributed by atoms with Crippen molar-refractivity contribution in [1.29, 1.82) is 0 Å². The number of likely N-dealkylation sites (N-methyl/N-ethyl adjacent to an activating group) is 1. The zero-order valence-corrected chi connectivity index (χ0v) is 12.0. The van der Waals surface area contributed by atoms with E-state index in [1.54, 1.807) is 11.9 Å². The van der Waals surface area contributed by atoms with Crippen molar-refractivity contribution in [2.75, 3.05) is 33.8 Å². The Morgan fingerprint density at radius 3 is 2.63 bits per heavy atom. The third-order valence-electron chi connectivity index (χ3n) is 3.12. The van der Waals surface area contributed by atoms with E-state index in [9.17, 15) is 14.4 Å². The fraction of sp³-hybridized carbons (Fsp3) is 0.769. The zero-order chi connectivity index (χ0) is 14.6. The lowest BCUT2D eigenvalue weighted by Gasteiger charge is -2.21. The third kappa shape index (κ3) is 4.22. The molecule has 19 heavy (non-hydrogen) atoms. The first kappa shape index (κ1) is 15.5. The molecular weight excluding hydrogens is 248 g/mol. The zero-order valence-electron chi connectivity index (χ0n) is 12.0. The second-order valence-corrected chi connectivity index (χ2v) is 5.36. The van der Waals surface area contributed by atoms with Gasteiger partial charge in [0, 0.05) is 26.6 Å². The second-order valence-electron chi connectivity index (χ2n) is 5.36. The van der Waals surface area contributed by atoms with Crippen molar-refractivity contribution in [3.8, 4) is 0 Å². The Hall–Kier alpha value is -1.59. The molecule has 0 saturated carbocycles. The van der Waals surface area contributed by atoms with Crippen LogP contribution in [0, 0.1) is 11.8 Å². The molecule has 0 N–H and O–H groups in total. The number of hydrogen-bond acceptors (Lipinski definition) is 4. The minimum Gasteiger partial charge on any atom is -0.468 e. The summed E-state index contributed by atoms with van der Waals surface area (Å²) in [5, 5.41) is 0. The molecule has 1 atom stereocenters. The van der Waals surface area contributed by atoms with Crippen molar-refractivity contribution in [3.63, 3.8) is 0 Å². The fourth-order valence-electron chi connectivity index (χ4n) is 2.20. The topological polar surface area (TPSA) is 66.9 Å². The smallest absolute Gasteiger partial charge is 0.325 e. The molecule has 0 aromatic rings. The average Bonchev–Trinajstić information content (AvgIpc) is 2.68. The molecule has 0 aliphatic carbocycles. The largest absolute Gasteiger partial charge is 0.468 e. The molecule has 1 saturated heterocycles. The number of likely N-dealkylation sites (tertiary alicyclic amines) is 1. The van der Waals surface area contributed by atoms with E-state index in [4.69, 9.17) is 0 Å². The average molecular weight is 270 g/mol. The molecule has 0 bridgehead atoms. The quantitative estimate of drug-likeness (QED) is 0.666. The van der Waals surface area contributed by atoms with Crippen LogP contribution in [0.5, 0.6) is 0 Å². The van der Waals surface area contributed by atoms with Crippen LogP contribution in [0.3, 0.4) is 0 Å². The molecule has 1 aliphatic rings.